The van der Waals surface area contributed by atoms with Crippen LogP contribution in [0.5, 0.6) is 0 Å². The van der Waals surface area contributed by atoms with Gasteiger partial charge >= 0.3 is 0 Å². The number of fused-ring (bicyclic) bond motifs is 1. The predicted octanol–water partition coefficient (Wildman–Crippen LogP) is 3.14. The van der Waals surface area contributed by atoms with Gasteiger partial charge in [0.25, 0.3) is 0 Å². The maximum absolute atomic E-state index is 4.85. The molecule has 2 aliphatic rings. The number of rotatable bonds is 6. The van der Waals surface area contributed by atoms with Gasteiger partial charge in [0.05, 0.1) is 5.52 Å². The van der Waals surface area contributed by atoms with E-state index in [2.05, 4.69) is 58.8 Å². The van der Waals surface area contributed by atoms with E-state index in [1.807, 2.05) is 0 Å². The fourth-order valence-electron chi connectivity index (χ4n) is 4.65. The highest BCUT2D eigenvalue weighted by atomic mass is 15.2. The fourth-order valence-corrected chi connectivity index (χ4v) is 4.65. The molecule has 0 spiro atoms. The van der Waals surface area contributed by atoms with Crippen molar-refractivity contribution in [2.75, 3.05) is 64.0 Å². The molecule has 0 radical (unpaired) electrons. The highest BCUT2D eigenvalue weighted by Crippen LogP contribution is 2.24. The molecule has 152 valence electrons. The monoisotopic (exact) mass is 382 g/mol. The van der Waals surface area contributed by atoms with Crippen LogP contribution in [0.4, 0.5) is 11.8 Å². The summed E-state index contributed by atoms with van der Waals surface area (Å²) >= 11 is 0. The lowest BCUT2D eigenvalue weighted by atomic mass is 9.98. The minimum absolute atomic E-state index is 0.669. The normalized spacial score (nSPS) is 24.4. The van der Waals surface area contributed by atoms with E-state index in [0.29, 0.717) is 11.8 Å². The molecular formula is C22H34N6. The van der Waals surface area contributed by atoms with Crippen molar-refractivity contribution < 1.29 is 0 Å². The highest BCUT2D eigenvalue weighted by Gasteiger charge is 2.19. The Morgan fingerprint density at radius 2 is 1.54 bits per heavy atom. The minimum atomic E-state index is 0.669. The number of hydrogen-bond donors (Lipinski definition) is 2. The second-order valence-corrected chi connectivity index (χ2v) is 8.72. The van der Waals surface area contributed by atoms with Gasteiger partial charge in [0.1, 0.15) is 5.82 Å². The van der Waals surface area contributed by atoms with E-state index < -0.39 is 0 Å². The lowest BCUT2D eigenvalue weighted by Gasteiger charge is -2.30. The zero-order valence-corrected chi connectivity index (χ0v) is 17.3. The number of hydrogen-bond acceptors (Lipinski definition) is 6. The topological polar surface area (TPSA) is 56.3 Å². The van der Waals surface area contributed by atoms with Gasteiger partial charge < -0.3 is 20.4 Å². The van der Waals surface area contributed by atoms with Crippen LogP contribution in [-0.2, 0) is 0 Å². The summed E-state index contributed by atoms with van der Waals surface area (Å²) in [6.45, 7) is 6.66. The van der Waals surface area contributed by atoms with E-state index in [4.69, 9.17) is 9.97 Å². The fraction of sp³-hybridized carbons (Fsp3) is 0.636. The van der Waals surface area contributed by atoms with Crippen LogP contribution in [0.25, 0.3) is 10.9 Å². The third-order valence-electron chi connectivity index (χ3n) is 6.15. The van der Waals surface area contributed by atoms with Crippen molar-refractivity contribution in [1.82, 2.24) is 19.8 Å². The van der Waals surface area contributed by atoms with E-state index in [-0.39, 0.29) is 0 Å². The Morgan fingerprint density at radius 1 is 0.893 bits per heavy atom. The first-order valence-electron chi connectivity index (χ1n) is 10.8. The summed E-state index contributed by atoms with van der Waals surface area (Å²) in [5.74, 6) is 3.06. The average Bonchev–Trinajstić information content (AvgIpc) is 2.70. The Morgan fingerprint density at radius 3 is 2.21 bits per heavy atom. The van der Waals surface area contributed by atoms with Gasteiger partial charge in [0.15, 0.2) is 0 Å². The molecular weight excluding hydrogens is 348 g/mol. The SMILES string of the molecule is CN1CCCC(CNc2nc(NCC3CCCN(C)C3)c3ccccc3n2)C1. The summed E-state index contributed by atoms with van der Waals surface area (Å²) in [6.07, 6.45) is 5.14. The third-order valence-corrected chi connectivity index (χ3v) is 6.15. The lowest BCUT2D eigenvalue weighted by molar-refractivity contribution is 0.217. The first-order valence-corrected chi connectivity index (χ1v) is 10.8. The standard InChI is InChI=1S/C22H34N6/c1-27-11-5-7-17(15-27)13-23-21-19-9-3-4-10-20(19)25-22(26-21)24-14-18-8-6-12-28(2)16-18/h3-4,9-10,17-18H,5-8,11-16H2,1-2H3,(H2,23,24,25,26). The summed E-state index contributed by atoms with van der Waals surface area (Å²) in [4.78, 5) is 14.5. The largest absolute Gasteiger partial charge is 0.369 e. The second kappa shape index (κ2) is 9.05. The van der Waals surface area contributed by atoms with Gasteiger partial charge in [-0.3, -0.25) is 0 Å². The van der Waals surface area contributed by atoms with Gasteiger partial charge in [0, 0.05) is 31.6 Å². The molecule has 1 aromatic heterocycles. The van der Waals surface area contributed by atoms with Crippen molar-refractivity contribution in [1.29, 1.82) is 0 Å². The molecule has 3 heterocycles. The van der Waals surface area contributed by atoms with Crippen LogP contribution in [0, 0.1) is 11.8 Å². The van der Waals surface area contributed by atoms with Crippen molar-refractivity contribution in [2.24, 2.45) is 11.8 Å². The molecule has 0 saturated carbocycles. The van der Waals surface area contributed by atoms with Gasteiger partial charge in [-0.1, -0.05) is 12.1 Å². The van der Waals surface area contributed by atoms with E-state index in [0.717, 1.165) is 48.8 Å². The highest BCUT2D eigenvalue weighted by molar-refractivity contribution is 5.90. The Bertz CT molecular complexity index is 779. The number of anilines is 2. The van der Waals surface area contributed by atoms with Crippen LogP contribution in [-0.4, -0.2) is 73.1 Å². The van der Waals surface area contributed by atoms with Crippen molar-refractivity contribution in [3.05, 3.63) is 24.3 Å². The molecule has 2 fully saturated rings. The molecule has 28 heavy (non-hydrogen) atoms. The molecule has 4 rings (SSSR count). The number of nitrogens with zero attached hydrogens (tertiary/aromatic N) is 4. The van der Waals surface area contributed by atoms with Crippen LogP contribution in [0.3, 0.4) is 0 Å². The van der Waals surface area contributed by atoms with Crippen LogP contribution in [0.2, 0.25) is 0 Å². The van der Waals surface area contributed by atoms with Crippen LogP contribution < -0.4 is 10.6 Å². The zero-order valence-electron chi connectivity index (χ0n) is 17.3. The van der Waals surface area contributed by atoms with Crippen molar-refractivity contribution >= 4 is 22.7 Å². The van der Waals surface area contributed by atoms with Gasteiger partial charge in [-0.25, -0.2) is 4.98 Å². The maximum Gasteiger partial charge on any atom is 0.225 e. The predicted molar refractivity (Wildman–Crippen MR) is 117 cm³/mol. The Kier molecular flexibility index (Phi) is 6.27. The van der Waals surface area contributed by atoms with E-state index >= 15 is 0 Å². The smallest absolute Gasteiger partial charge is 0.225 e. The molecule has 2 unspecified atom stereocenters. The van der Waals surface area contributed by atoms with Crippen LogP contribution in [0.1, 0.15) is 25.7 Å². The summed E-state index contributed by atoms with van der Waals surface area (Å²) in [5, 5.41) is 8.26. The van der Waals surface area contributed by atoms with Crippen LogP contribution >= 0.6 is 0 Å². The summed E-state index contributed by atoms with van der Waals surface area (Å²) in [6, 6.07) is 8.31. The van der Waals surface area contributed by atoms with Gasteiger partial charge in [-0.15, -0.1) is 0 Å². The summed E-state index contributed by atoms with van der Waals surface area (Å²) in [7, 11) is 4.43. The van der Waals surface area contributed by atoms with E-state index in [1.54, 1.807) is 0 Å². The van der Waals surface area contributed by atoms with Crippen molar-refractivity contribution in [3.63, 3.8) is 0 Å². The quantitative estimate of drug-likeness (QED) is 0.801. The minimum Gasteiger partial charge on any atom is -0.369 e. The molecule has 6 nitrogen and oxygen atoms in total. The first-order chi connectivity index (χ1) is 13.7. The third kappa shape index (κ3) is 4.92. The van der Waals surface area contributed by atoms with Crippen molar-refractivity contribution in [2.45, 2.75) is 25.7 Å². The average molecular weight is 383 g/mol. The maximum atomic E-state index is 4.85. The molecule has 0 bridgehead atoms. The molecule has 2 aromatic rings. The van der Waals surface area contributed by atoms with Gasteiger partial charge in [-0.2, -0.15) is 4.98 Å². The van der Waals surface area contributed by atoms with Gasteiger partial charge in [0.2, 0.25) is 5.95 Å². The molecule has 2 aliphatic heterocycles. The van der Waals surface area contributed by atoms with Crippen molar-refractivity contribution in [3.8, 4) is 0 Å². The van der Waals surface area contributed by atoms with E-state index in [9.17, 15) is 0 Å². The molecule has 6 heteroatoms. The molecule has 2 saturated heterocycles. The summed E-state index contributed by atoms with van der Waals surface area (Å²) < 4.78 is 0. The Balaban J connectivity index is 1.45. The van der Waals surface area contributed by atoms with Crippen LogP contribution in [0.15, 0.2) is 24.3 Å². The Hall–Kier alpha value is -1.92. The molecule has 0 amide bonds. The molecule has 0 aliphatic carbocycles. The number of piperidine rings is 2. The molecule has 2 N–H and O–H groups in total. The second-order valence-electron chi connectivity index (χ2n) is 8.72. The zero-order chi connectivity index (χ0) is 19.3. The first kappa shape index (κ1) is 19.4. The number of benzene rings is 1. The number of likely N-dealkylation sites (tertiary alicyclic amines) is 2. The molecule has 1 aromatic carbocycles. The van der Waals surface area contributed by atoms with E-state index in [1.165, 1.54) is 38.8 Å². The summed E-state index contributed by atoms with van der Waals surface area (Å²) in [5.41, 5.74) is 1.00. The number of nitrogens with one attached hydrogen (secondary N) is 2. The lowest BCUT2D eigenvalue weighted by Crippen LogP contribution is -2.35. The molecule has 2 atom stereocenters. The number of para-hydroxylation sites is 1. The van der Waals surface area contributed by atoms with Gasteiger partial charge in [-0.05, 0) is 76.8 Å². The Labute approximate surface area is 168 Å². The number of aromatic nitrogens is 2.